The molecule has 74 valence electrons. The fraction of sp³-hybridized carbons (Fsp3) is 0.889. The van der Waals surface area contributed by atoms with Crippen LogP contribution >= 0.6 is 0 Å². The summed E-state index contributed by atoms with van der Waals surface area (Å²) in [7, 11) is 1.96. The minimum Gasteiger partial charge on any atom is -0.481 e. The molecule has 0 radical (unpaired) electrons. The molecule has 4 nitrogen and oxygen atoms in total. The molecule has 0 aromatic carbocycles. The second-order valence-electron chi connectivity index (χ2n) is 4.13. The van der Waals surface area contributed by atoms with E-state index in [-0.39, 0.29) is 6.04 Å². The van der Waals surface area contributed by atoms with Crippen LogP contribution in [-0.4, -0.2) is 46.3 Å². The lowest BCUT2D eigenvalue weighted by atomic mass is 9.88. The summed E-state index contributed by atoms with van der Waals surface area (Å²) in [6.07, 6.45) is 1.91. The third-order valence-electron chi connectivity index (χ3n) is 3.52. The van der Waals surface area contributed by atoms with Crippen molar-refractivity contribution in [1.29, 1.82) is 0 Å². The van der Waals surface area contributed by atoms with Gasteiger partial charge in [-0.2, -0.15) is 0 Å². The first-order valence-corrected chi connectivity index (χ1v) is 4.74. The highest BCUT2D eigenvalue weighted by Gasteiger charge is 2.48. The number of nitrogens with zero attached hydrogens (tertiary/aromatic N) is 1. The molecule has 13 heavy (non-hydrogen) atoms. The van der Waals surface area contributed by atoms with Crippen molar-refractivity contribution in [3.8, 4) is 0 Å². The van der Waals surface area contributed by atoms with Gasteiger partial charge in [-0.3, -0.25) is 9.69 Å². The average molecular weight is 185 g/mol. The zero-order valence-corrected chi connectivity index (χ0v) is 7.68. The van der Waals surface area contributed by atoms with Gasteiger partial charge in [0.15, 0.2) is 0 Å². The molecule has 2 saturated heterocycles. The molecule has 2 bridgehead atoms. The van der Waals surface area contributed by atoms with Crippen LogP contribution in [0.25, 0.3) is 0 Å². The summed E-state index contributed by atoms with van der Waals surface area (Å²) >= 11 is 0. The number of carboxylic acids is 1. The van der Waals surface area contributed by atoms with Crippen molar-refractivity contribution in [2.75, 3.05) is 7.05 Å². The summed E-state index contributed by atoms with van der Waals surface area (Å²) in [5.41, 5.74) is 0. The number of fused-ring (bicyclic) bond motifs is 2. The third-order valence-corrected chi connectivity index (χ3v) is 3.52. The fourth-order valence-electron chi connectivity index (χ4n) is 2.77. The summed E-state index contributed by atoms with van der Waals surface area (Å²) in [6.45, 7) is 0. The number of hydrogen-bond acceptors (Lipinski definition) is 3. The Kier molecular flexibility index (Phi) is 2.04. The molecule has 2 fully saturated rings. The predicted molar refractivity (Wildman–Crippen MR) is 46.3 cm³/mol. The largest absolute Gasteiger partial charge is 0.481 e. The number of hydrogen-bond donors (Lipinski definition) is 2. The summed E-state index contributed by atoms with van der Waals surface area (Å²) in [5, 5.41) is 18.6. The lowest BCUT2D eigenvalue weighted by Crippen LogP contribution is -2.51. The van der Waals surface area contributed by atoms with E-state index in [2.05, 4.69) is 4.90 Å². The van der Waals surface area contributed by atoms with Crippen LogP contribution in [0.4, 0.5) is 0 Å². The molecular weight excluding hydrogens is 170 g/mol. The maximum Gasteiger partial charge on any atom is 0.310 e. The van der Waals surface area contributed by atoms with E-state index < -0.39 is 18.0 Å². The molecule has 2 aliphatic rings. The van der Waals surface area contributed by atoms with Crippen LogP contribution in [-0.2, 0) is 4.79 Å². The Morgan fingerprint density at radius 3 is 2.77 bits per heavy atom. The Morgan fingerprint density at radius 1 is 1.46 bits per heavy atom. The molecule has 4 heteroatoms. The van der Waals surface area contributed by atoms with E-state index in [9.17, 15) is 9.90 Å². The molecule has 2 heterocycles. The van der Waals surface area contributed by atoms with Crippen LogP contribution in [0.5, 0.6) is 0 Å². The van der Waals surface area contributed by atoms with Crippen molar-refractivity contribution in [3.63, 3.8) is 0 Å². The molecule has 0 spiro atoms. The minimum atomic E-state index is -0.857. The molecular formula is C9H15NO3. The highest BCUT2D eigenvalue weighted by Crippen LogP contribution is 2.38. The second-order valence-corrected chi connectivity index (χ2v) is 4.13. The molecule has 0 aromatic rings. The van der Waals surface area contributed by atoms with Gasteiger partial charge in [0.05, 0.1) is 12.0 Å². The molecule has 2 N–H and O–H groups in total. The van der Waals surface area contributed by atoms with Gasteiger partial charge < -0.3 is 10.2 Å². The van der Waals surface area contributed by atoms with Crippen molar-refractivity contribution in [2.24, 2.45) is 5.92 Å². The van der Waals surface area contributed by atoms with E-state index in [4.69, 9.17) is 5.11 Å². The zero-order valence-electron chi connectivity index (χ0n) is 7.68. The van der Waals surface area contributed by atoms with E-state index in [1.165, 1.54) is 0 Å². The molecule has 0 aromatic heterocycles. The topological polar surface area (TPSA) is 60.8 Å². The molecule has 0 amide bonds. The maximum atomic E-state index is 10.9. The standard InChI is InChI=1S/C9H15NO3/c1-10-5-2-3-6(10)8(9(12)13)7(11)4-5/h5-8,11H,2-4H2,1H3,(H,12,13)/t5?,6-,7?,8?/m1/s1. The van der Waals surface area contributed by atoms with Gasteiger partial charge in [0.25, 0.3) is 0 Å². The van der Waals surface area contributed by atoms with Gasteiger partial charge in [-0.1, -0.05) is 0 Å². The number of carbonyl (C=O) groups is 1. The number of aliphatic hydroxyl groups is 1. The quantitative estimate of drug-likeness (QED) is 0.599. The first kappa shape index (κ1) is 8.97. The van der Waals surface area contributed by atoms with Crippen LogP contribution in [0.1, 0.15) is 19.3 Å². The Hall–Kier alpha value is -0.610. The van der Waals surface area contributed by atoms with Gasteiger partial charge in [0, 0.05) is 12.1 Å². The van der Waals surface area contributed by atoms with Gasteiger partial charge in [-0.15, -0.1) is 0 Å². The van der Waals surface area contributed by atoms with Crippen molar-refractivity contribution in [1.82, 2.24) is 4.90 Å². The Balaban J connectivity index is 2.21. The van der Waals surface area contributed by atoms with E-state index >= 15 is 0 Å². The molecule has 2 aliphatic heterocycles. The van der Waals surface area contributed by atoms with Gasteiger partial charge in [0.1, 0.15) is 0 Å². The Bertz CT molecular complexity index is 231. The van der Waals surface area contributed by atoms with Gasteiger partial charge in [0.2, 0.25) is 0 Å². The van der Waals surface area contributed by atoms with Crippen LogP contribution in [0.2, 0.25) is 0 Å². The molecule has 3 unspecified atom stereocenters. The van der Waals surface area contributed by atoms with Crippen molar-refractivity contribution >= 4 is 5.97 Å². The maximum absolute atomic E-state index is 10.9. The normalized spacial score (nSPS) is 45.1. The van der Waals surface area contributed by atoms with E-state index in [0.717, 1.165) is 12.8 Å². The molecule has 0 aliphatic carbocycles. The molecule has 0 saturated carbocycles. The van der Waals surface area contributed by atoms with Crippen molar-refractivity contribution < 1.29 is 15.0 Å². The fourth-order valence-corrected chi connectivity index (χ4v) is 2.77. The van der Waals surface area contributed by atoms with Gasteiger partial charge >= 0.3 is 5.97 Å². The number of piperidine rings is 1. The first-order chi connectivity index (χ1) is 6.11. The third kappa shape index (κ3) is 1.25. The summed E-state index contributed by atoms with van der Waals surface area (Å²) in [6, 6.07) is 0.446. The van der Waals surface area contributed by atoms with E-state index in [1.54, 1.807) is 0 Å². The van der Waals surface area contributed by atoms with E-state index in [0.29, 0.717) is 12.5 Å². The second kappa shape index (κ2) is 2.96. The molecule has 4 atom stereocenters. The SMILES string of the molecule is CN1C2CC[C@@H]1C(C(=O)O)C(O)C2. The lowest BCUT2D eigenvalue weighted by molar-refractivity contribution is -0.151. The highest BCUT2D eigenvalue weighted by molar-refractivity contribution is 5.72. The van der Waals surface area contributed by atoms with Gasteiger partial charge in [-0.05, 0) is 26.3 Å². The number of aliphatic hydroxyl groups excluding tert-OH is 1. The average Bonchev–Trinajstić information content (AvgIpc) is 2.34. The van der Waals surface area contributed by atoms with Crippen molar-refractivity contribution in [3.05, 3.63) is 0 Å². The Labute approximate surface area is 77.2 Å². The highest BCUT2D eigenvalue weighted by atomic mass is 16.4. The summed E-state index contributed by atoms with van der Waals surface area (Å²) in [5.74, 6) is -1.44. The molecule has 2 rings (SSSR count). The lowest BCUT2D eigenvalue weighted by Gasteiger charge is -2.38. The number of rotatable bonds is 1. The van der Waals surface area contributed by atoms with Crippen LogP contribution in [0, 0.1) is 5.92 Å². The van der Waals surface area contributed by atoms with Crippen LogP contribution in [0.15, 0.2) is 0 Å². The van der Waals surface area contributed by atoms with E-state index in [1.807, 2.05) is 7.05 Å². The first-order valence-electron chi connectivity index (χ1n) is 4.74. The summed E-state index contributed by atoms with van der Waals surface area (Å²) < 4.78 is 0. The minimum absolute atomic E-state index is 0.0475. The zero-order chi connectivity index (χ0) is 9.59. The van der Waals surface area contributed by atoms with Crippen LogP contribution in [0.3, 0.4) is 0 Å². The smallest absolute Gasteiger partial charge is 0.310 e. The van der Waals surface area contributed by atoms with Crippen LogP contribution < -0.4 is 0 Å². The van der Waals surface area contributed by atoms with Gasteiger partial charge in [-0.25, -0.2) is 0 Å². The van der Waals surface area contributed by atoms with Crippen molar-refractivity contribution in [2.45, 2.75) is 37.5 Å². The monoisotopic (exact) mass is 185 g/mol. The summed E-state index contributed by atoms with van der Waals surface area (Å²) in [4.78, 5) is 13.0. The predicted octanol–water partition coefficient (Wildman–Crippen LogP) is -0.0854. The number of aliphatic carboxylic acids is 1. The Morgan fingerprint density at radius 2 is 2.15 bits per heavy atom. The number of carboxylic acid groups (broad SMARTS) is 1.